The van der Waals surface area contributed by atoms with E-state index in [-0.39, 0.29) is 0 Å². The average molecular weight is 344 g/mol. The minimum absolute atomic E-state index is 0.645. The Morgan fingerprint density at radius 1 is 1.29 bits per heavy atom. The molecule has 0 spiro atoms. The average Bonchev–Trinajstić information content (AvgIpc) is 2.29. The standard InChI is InChI=1S/C14H21IN2/c1-10-5-3-4-6-13(10)17(2)14-8-7-11(15)9-12(14)16/h7-10,13H,3-6,16H2,1-2H3. The number of benzene rings is 1. The molecule has 94 valence electrons. The first kappa shape index (κ1) is 13.0. The first-order valence-electron chi connectivity index (χ1n) is 6.37. The molecule has 0 aliphatic heterocycles. The molecule has 2 rings (SSSR count). The van der Waals surface area contributed by atoms with Crippen LogP contribution >= 0.6 is 22.6 Å². The minimum Gasteiger partial charge on any atom is -0.397 e. The highest BCUT2D eigenvalue weighted by Crippen LogP contribution is 2.33. The van der Waals surface area contributed by atoms with Crippen LogP contribution in [0.5, 0.6) is 0 Å². The van der Waals surface area contributed by atoms with Crippen LogP contribution in [0.25, 0.3) is 0 Å². The normalized spacial score (nSPS) is 24.6. The molecule has 1 aromatic rings. The largest absolute Gasteiger partial charge is 0.397 e. The molecule has 2 atom stereocenters. The van der Waals surface area contributed by atoms with E-state index in [2.05, 4.69) is 59.7 Å². The third kappa shape index (κ3) is 2.87. The molecule has 0 bridgehead atoms. The lowest BCUT2D eigenvalue weighted by Crippen LogP contribution is -2.39. The predicted molar refractivity (Wildman–Crippen MR) is 83.4 cm³/mol. The number of anilines is 2. The zero-order valence-corrected chi connectivity index (χ0v) is 12.8. The molecule has 0 radical (unpaired) electrons. The van der Waals surface area contributed by atoms with E-state index >= 15 is 0 Å². The van der Waals surface area contributed by atoms with Crippen molar-refractivity contribution in [3.05, 3.63) is 21.8 Å². The quantitative estimate of drug-likeness (QED) is 0.652. The van der Waals surface area contributed by atoms with Gasteiger partial charge in [-0.25, -0.2) is 0 Å². The van der Waals surface area contributed by atoms with E-state index in [1.165, 1.54) is 34.9 Å². The Kier molecular flexibility index (Phi) is 4.17. The molecule has 17 heavy (non-hydrogen) atoms. The number of halogens is 1. The zero-order chi connectivity index (χ0) is 12.4. The summed E-state index contributed by atoms with van der Waals surface area (Å²) in [6.45, 7) is 2.36. The molecule has 0 amide bonds. The van der Waals surface area contributed by atoms with E-state index < -0.39 is 0 Å². The minimum atomic E-state index is 0.645. The summed E-state index contributed by atoms with van der Waals surface area (Å²) in [7, 11) is 2.19. The predicted octanol–water partition coefficient (Wildman–Crippen LogP) is 3.89. The van der Waals surface area contributed by atoms with Crippen LogP contribution in [-0.2, 0) is 0 Å². The van der Waals surface area contributed by atoms with Crippen LogP contribution < -0.4 is 10.6 Å². The lowest BCUT2D eigenvalue weighted by molar-refractivity contribution is 0.322. The summed E-state index contributed by atoms with van der Waals surface area (Å²) in [5.74, 6) is 0.771. The second-order valence-electron chi connectivity index (χ2n) is 5.14. The molecule has 3 heteroatoms. The molecule has 0 heterocycles. The van der Waals surface area contributed by atoms with Gasteiger partial charge in [0, 0.05) is 16.7 Å². The van der Waals surface area contributed by atoms with Crippen LogP contribution in [0.3, 0.4) is 0 Å². The maximum Gasteiger partial charge on any atom is 0.0600 e. The smallest absolute Gasteiger partial charge is 0.0600 e. The van der Waals surface area contributed by atoms with Gasteiger partial charge in [-0.1, -0.05) is 19.8 Å². The Hall–Kier alpha value is -0.450. The van der Waals surface area contributed by atoms with E-state index in [9.17, 15) is 0 Å². The molecule has 1 aromatic carbocycles. The van der Waals surface area contributed by atoms with Crippen molar-refractivity contribution in [3.63, 3.8) is 0 Å². The van der Waals surface area contributed by atoms with Gasteiger partial charge in [-0.05, 0) is 59.5 Å². The summed E-state index contributed by atoms with van der Waals surface area (Å²) >= 11 is 2.31. The van der Waals surface area contributed by atoms with Crippen molar-refractivity contribution >= 4 is 34.0 Å². The van der Waals surface area contributed by atoms with E-state index in [0.717, 1.165) is 11.6 Å². The summed E-state index contributed by atoms with van der Waals surface area (Å²) in [4.78, 5) is 2.38. The summed E-state index contributed by atoms with van der Waals surface area (Å²) in [5.41, 5.74) is 8.21. The van der Waals surface area contributed by atoms with Crippen molar-refractivity contribution < 1.29 is 0 Å². The van der Waals surface area contributed by atoms with Crippen LogP contribution in [0, 0.1) is 9.49 Å². The van der Waals surface area contributed by atoms with Crippen molar-refractivity contribution in [2.24, 2.45) is 5.92 Å². The molecule has 1 aliphatic rings. The van der Waals surface area contributed by atoms with E-state index in [1.807, 2.05) is 0 Å². The Balaban J connectivity index is 2.20. The molecule has 2 nitrogen and oxygen atoms in total. The second kappa shape index (κ2) is 5.46. The zero-order valence-electron chi connectivity index (χ0n) is 10.6. The van der Waals surface area contributed by atoms with Crippen LogP contribution in [0.4, 0.5) is 11.4 Å². The monoisotopic (exact) mass is 344 g/mol. The number of nitrogens with zero attached hydrogens (tertiary/aromatic N) is 1. The molecular weight excluding hydrogens is 323 g/mol. The van der Waals surface area contributed by atoms with Gasteiger partial charge >= 0.3 is 0 Å². The highest BCUT2D eigenvalue weighted by atomic mass is 127. The Bertz CT molecular complexity index is 392. The number of hydrogen-bond acceptors (Lipinski definition) is 2. The third-order valence-electron chi connectivity index (χ3n) is 3.93. The first-order chi connectivity index (χ1) is 8.09. The summed E-state index contributed by atoms with van der Waals surface area (Å²) in [5, 5.41) is 0. The van der Waals surface area contributed by atoms with Gasteiger partial charge in [0.15, 0.2) is 0 Å². The summed E-state index contributed by atoms with van der Waals surface area (Å²) in [6, 6.07) is 6.99. The van der Waals surface area contributed by atoms with Gasteiger partial charge in [-0.3, -0.25) is 0 Å². The SMILES string of the molecule is CC1CCCCC1N(C)c1ccc(I)cc1N. The molecular formula is C14H21IN2. The van der Waals surface area contributed by atoms with Crippen LogP contribution in [0.15, 0.2) is 18.2 Å². The van der Waals surface area contributed by atoms with Gasteiger partial charge in [-0.15, -0.1) is 0 Å². The summed E-state index contributed by atoms with van der Waals surface area (Å²) in [6.07, 6.45) is 5.37. The van der Waals surface area contributed by atoms with Gasteiger partial charge in [0.1, 0.15) is 0 Å². The van der Waals surface area contributed by atoms with Crippen molar-refractivity contribution in [1.29, 1.82) is 0 Å². The fourth-order valence-corrected chi connectivity index (χ4v) is 3.41. The van der Waals surface area contributed by atoms with Gasteiger partial charge < -0.3 is 10.6 Å². The molecule has 1 aliphatic carbocycles. The Morgan fingerprint density at radius 2 is 2.00 bits per heavy atom. The first-order valence-corrected chi connectivity index (χ1v) is 7.45. The van der Waals surface area contributed by atoms with Crippen LogP contribution in [0.2, 0.25) is 0 Å². The molecule has 2 N–H and O–H groups in total. The number of nitrogens with two attached hydrogens (primary N) is 1. The Labute approximate surface area is 118 Å². The molecule has 1 fully saturated rings. The lowest BCUT2D eigenvalue weighted by atomic mass is 9.85. The van der Waals surface area contributed by atoms with E-state index in [1.54, 1.807) is 0 Å². The molecule has 0 saturated heterocycles. The fraction of sp³-hybridized carbons (Fsp3) is 0.571. The van der Waals surface area contributed by atoms with Crippen molar-refractivity contribution in [1.82, 2.24) is 0 Å². The molecule has 1 saturated carbocycles. The topological polar surface area (TPSA) is 29.3 Å². The van der Waals surface area contributed by atoms with E-state index in [0.29, 0.717) is 6.04 Å². The van der Waals surface area contributed by atoms with Gasteiger partial charge in [0.05, 0.1) is 11.4 Å². The van der Waals surface area contributed by atoms with E-state index in [4.69, 9.17) is 5.73 Å². The van der Waals surface area contributed by atoms with Gasteiger partial charge in [-0.2, -0.15) is 0 Å². The lowest BCUT2D eigenvalue weighted by Gasteiger charge is -2.38. The van der Waals surface area contributed by atoms with Gasteiger partial charge in [0.25, 0.3) is 0 Å². The molecule has 2 unspecified atom stereocenters. The maximum atomic E-state index is 6.13. The molecule has 0 aromatic heterocycles. The Morgan fingerprint density at radius 3 is 2.65 bits per heavy atom. The van der Waals surface area contributed by atoms with Gasteiger partial charge in [0.2, 0.25) is 0 Å². The fourth-order valence-electron chi connectivity index (χ4n) is 2.90. The van der Waals surface area contributed by atoms with Crippen molar-refractivity contribution in [2.75, 3.05) is 17.7 Å². The third-order valence-corrected chi connectivity index (χ3v) is 4.60. The number of hydrogen-bond donors (Lipinski definition) is 1. The second-order valence-corrected chi connectivity index (χ2v) is 6.39. The van der Waals surface area contributed by atoms with Crippen molar-refractivity contribution in [2.45, 2.75) is 38.6 Å². The summed E-state index contributed by atoms with van der Waals surface area (Å²) < 4.78 is 1.20. The number of rotatable bonds is 2. The number of nitrogen functional groups attached to an aromatic ring is 1. The highest BCUT2D eigenvalue weighted by molar-refractivity contribution is 14.1. The maximum absolute atomic E-state index is 6.13. The highest BCUT2D eigenvalue weighted by Gasteiger charge is 2.25. The van der Waals surface area contributed by atoms with Crippen LogP contribution in [-0.4, -0.2) is 13.1 Å². The van der Waals surface area contributed by atoms with Crippen LogP contribution in [0.1, 0.15) is 32.6 Å². The van der Waals surface area contributed by atoms with Crippen molar-refractivity contribution in [3.8, 4) is 0 Å².